The number of hydrogen-bond acceptors (Lipinski definition) is 6. The molecular formula is C28H32FN3O4. The predicted molar refractivity (Wildman–Crippen MR) is 136 cm³/mol. The average molecular weight is 494 g/mol. The van der Waals surface area contributed by atoms with E-state index in [2.05, 4.69) is 15.2 Å². The third-order valence-electron chi connectivity index (χ3n) is 5.95. The highest BCUT2D eigenvalue weighted by Crippen LogP contribution is 2.26. The van der Waals surface area contributed by atoms with Crippen molar-refractivity contribution in [1.29, 1.82) is 0 Å². The molecule has 7 nitrogen and oxygen atoms in total. The van der Waals surface area contributed by atoms with Crippen LogP contribution >= 0.6 is 0 Å². The van der Waals surface area contributed by atoms with Gasteiger partial charge < -0.3 is 19.5 Å². The van der Waals surface area contributed by atoms with E-state index >= 15 is 0 Å². The van der Waals surface area contributed by atoms with E-state index in [9.17, 15) is 9.18 Å². The monoisotopic (exact) mass is 493 g/mol. The van der Waals surface area contributed by atoms with Gasteiger partial charge in [-0.15, -0.1) is 0 Å². The van der Waals surface area contributed by atoms with E-state index in [4.69, 9.17) is 14.2 Å². The van der Waals surface area contributed by atoms with Gasteiger partial charge in [-0.2, -0.15) is 0 Å². The van der Waals surface area contributed by atoms with Crippen molar-refractivity contribution in [1.82, 2.24) is 15.2 Å². The molecule has 190 valence electrons. The fourth-order valence-electron chi connectivity index (χ4n) is 3.99. The van der Waals surface area contributed by atoms with E-state index in [-0.39, 0.29) is 18.1 Å². The van der Waals surface area contributed by atoms with Crippen LogP contribution in [0.4, 0.5) is 4.39 Å². The number of rotatable bonds is 11. The van der Waals surface area contributed by atoms with Crippen molar-refractivity contribution in [2.24, 2.45) is 0 Å². The molecule has 36 heavy (non-hydrogen) atoms. The van der Waals surface area contributed by atoms with Gasteiger partial charge in [0.1, 0.15) is 23.9 Å². The topological polar surface area (TPSA) is 72.9 Å². The molecule has 1 fully saturated rings. The van der Waals surface area contributed by atoms with Gasteiger partial charge >= 0.3 is 0 Å². The Labute approximate surface area is 211 Å². The van der Waals surface area contributed by atoms with Crippen LogP contribution in [0.3, 0.4) is 0 Å². The Kier molecular flexibility index (Phi) is 9.24. The number of aromatic nitrogens is 1. The number of amides is 1. The smallest absolute Gasteiger partial charge is 0.226 e. The Balaban J connectivity index is 1.28. The number of carbonyl (C=O) groups is 1. The summed E-state index contributed by atoms with van der Waals surface area (Å²) in [6.45, 7) is 7.40. The highest BCUT2D eigenvalue weighted by atomic mass is 19.1. The van der Waals surface area contributed by atoms with Crippen LogP contribution in [-0.2, 0) is 22.5 Å². The molecule has 8 heteroatoms. The van der Waals surface area contributed by atoms with Crippen molar-refractivity contribution in [3.63, 3.8) is 0 Å². The summed E-state index contributed by atoms with van der Waals surface area (Å²) in [5, 5.41) is 2.90. The fraction of sp³-hybridized carbons (Fsp3) is 0.357. The number of benzene rings is 2. The number of pyridine rings is 1. The molecule has 2 aromatic carbocycles. The molecule has 0 atom stereocenters. The summed E-state index contributed by atoms with van der Waals surface area (Å²) in [4.78, 5) is 19.0. The Hall–Kier alpha value is -3.49. The lowest BCUT2D eigenvalue weighted by atomic mass is 10.1. The van der Waals surface area contributed by atoms with Gasteiger partial charge in [-0.1, -0.05) is 24.3 Å². The summed E-state index contributed by atoms with van der Waals surface area (Å²) in [6.07, 6.45) is 1.72. The van der Waals surface area contributed by atoms with E-state index in [0.717, 1.165) is 44.2 Å². The zero-order valence-electron chi connectivity index (χ0n) is 20.5. The van der Waals surface area contributed by atoms with Crippen LogP contribution in [0, 0.1) is 5.82 Å². The van der Waals surface area contributed by atoms with Crippen molar-refractivity contribution in [2.75, 3.05) is 46.1 Å². The Morgan fingerprint density at radius 3 is 2.69 bits per heavy atom. The van der Waals surface area contributed by atoms with Gasteiger partial charge in [0, 0.05) is 60.8 Å². The van der Waals surface area contributed by atoms with Crippen LogP contribution in [0.15, 0.2) is 60.8 Å². The number of hydrogen-bond donors (Lipinski definition) is 1. The molecule has 0 radical (unpaired) electrons. The zero-order valence-corrected chi connectivity index (χ0v) is 20.5. The predicted octanol–water partition coefficient (Wildman–Crippen LogP) is 3.86. The first-order valence-electron chi connectivity index (χ1n) is 12.3. The van der Waals surface area contributed by atoms with E-state index in [1.807, 2.05) is 31.2 Å². The SMILES string of the molecule is CCOc1ccccc1CNC(=O)Cc1ccc(-c2ccc(OCCN3CCOCC3)cc2F)cn1. The first-order valence-corrected chi connectivity index (χ1v) is 12.3. The number of ether oxygens (including phenoxy) is 3. The molecule has 0 aliphatic carbocycles. The molecule has 4 rings (SSSR count). The van der Waals surface area contributed by atoms with Crippen molar-refractivity contribution in [2.45, 2.75) is 19.9 Å². The molecule has 1 aliphatic rings. The largest absolute Gasteiger partial charge is 0.494 e. The number of nitrogens with one attached hydrogen (secondary N) is 1. The highest BCUT2D eigenvalue weighted by Gasteiger charge is 2.12. The Morgan fingerprint density at radius 2 is 1.94 bits per heavy atom. The van der Waals surface area contributed by atoms with Gasteiger partial charge in [-0.05, 0) is 31.2 Å². The third-order valence-corrected chi connectivity index (χ3v) is 5.95. The third kappa shape index (κ3) is 7.26. The maximum absolute atomic E-state index is 14.8. The van der Waals surface area contributed by atoms with Crippen molar-refractivity contribution < 1.29 is 23.4 Å². The van der Waals surface area contributed by atoms with E-state index in [1.165, 1.54) is 6.07 Å². The van der Waals surface area contributed by atoms with Crippen LogP contribution in [0.2, 0.25) is 0 Å². The highest BCUT2D eigenvalue weighted by molar-refractivity contribution is 5.78. The molecule has 0 saturated carbocycles. The molecule has 0 unspecified atom stereocenters. The standard InChI is InChI=1S/C28H32FN3O4/c1-2-35-27-6-4-3-5-22(27)20-31-28(33)17-23-8-7-21(19-30-23)25-10-9-24(18-26(25)29)36-16-13-32-11-14-34-15-12-32/h3-10,18-19H,2,11-17,20H2,1H3,(H,31,33). The van der Waals surface area contributed by atoms with Crippen molar-refractivity contribution in [3.05, 3.63) is 77.9 Å². The van der Waals surface area contributed by atoms with Crippen LogP contribution in [0.1, 0.15) is 18.2 Å². The van der Waals surface area contributed by atoms with Gasteiger partial charge in [0.15, 0.2) is 0 Å². The lowest BCUT2D eigenvalue weighted by Gasteiger charge is -2.26. The fourth-order valence-corrected chi connectivity index (χ4v) is 3.99. The second-order valence-electron chi connectivity index (χ2n) is 8.48. The van der Waals surface area contributed by atoms with Gasteiger partial charge in [-0.25, -0.2) is 4.39 Å². The van der Waals surface area contributed by atoms with Crippen molar-refractivity contribution >= 4 is 5.91 Å². The Morgan fingerprint density at radius 1 is 1.11 bits per heavy atom. The summed E-state index contributed by atoms with van der Waals surface area (Å²) in [7, 11) is 0. The van der Waals surface area contributed by atoms with E-state index in [0.29, 0.717) is 42.3 Å². The minimum atomic E-state index is -0.376. The molecule has 0 spiro atoms. The zero-order chi connectivity index (χ0) is 25.2. The maximum Gasteiger partial charge on any atom is 0.226 e. The van der Waals surface area contributed by atoms with Crippen LogP contribution in [-0.4, -0.2) is 61.9 Å². The second kappa shape index (κ2) is 13.0. The first-order chi connectivity index (χ1) is 17.6. The van der Waals surface area contributed by atoms with Gasteiger partial charge in [0.2, 0.25) is 5.91 Å². The van der Waals surface area contributed by atoms with Gasteiger partial charge in [-0.3, -0.25) is 14.7 Å². The molecule has 2 heterocycles. The van der Waals surface area contributed by atoms with Crippen LogP contribution in [0.25, 0.3) is 11.1 Å². The quantitative estimate of drug-likeness (QED) is 0.438. The number of para-hydroxylation sites is 1. The molecule has 1 aliphatic heterocycles. The number of carbonyl (C=O) groups excluding carboxylic acids is 1. The molecule has 3 aromatic rings. The van der Waals surface area contributed by atoms with Crippen LogP contribution in [0.5, 0.6) is 11.5 Å². The van der Waals surface area contributed by atoms with E-state index in [1.54, 1.807) is 30.5 Å². The lowest BCUT2D eigenvalue weighted by molar-refractivity contribution is -0.120. The molecule has 1 saturated heterocycles. The normalized spacial score (nSPS) is 13.8. The minimum absolute atomic E-state index is 0.134. The molecule has 1 N–H and O–H groups in total. The van der Waals surface area contributed by atoms with Gasteiger partial charge in [0.05, 0.1) is 26.2 Å². The summed E-state index contributed by atoms with van der Waals surface area (Å²) in [6, 6.07) is 16.0. The summed E-state index contributed by atoms with van der Waals surface area (Å²) in [5.74, 6) is 0.737. The second-order valence-corrected chi connectivity index (χ2v) is 8.48. The molecular weight excluding hydrogens is 461 g/mol. The summed E-state index contributed by atoms with van der Waals surface area (Å²) >= 11 is 0. The Bertz CT molecular complexity index is 1130. The minimum Gasteiger partial charge on any atom is -0.494 e. The average Bonchev–Trinajstić information content (AvgIpc) is 2.90. The molecule has 0 bridgehead atoms. The summed E-state index contributed by atoms with van der Waals surface area (Å²) in [5.41, 5.74) is 2.60. The van der Waals surface area contributed by atoms with Crippen LogP contribution < -0.4 is 14.8 Å². The van der Waals surface area contributed by atoms with Crippen molar-refractivity contribution in [3.8, 4) is 22.6 Å². The number of nitrogens with zero attached hydrogens (tertiary/aromatic N) is 2. The number of morpholine rings is 1. The maximum atomic E-state index is 14.8. The molecule has 1 amide bonds. The van der Waals surface area contributed by atoms with E-state index < -0.39 is 0 Å². The molecule has 1 aromatic heterocycles. The number of halogens is 1. The van der Waals surface area contributed by atoms with Gasteiger partial charge in [0.25, 0.3) is 0 Å². The summed E-state index contributed by atoms with van der Waals surface area (Å²) < 4.78 is 31.4. The lowest BCUT2D eigenvalue weighted by Crippen LogP contribution is -2.38. The first kappa shape index (κ1) is 25.6.